The van der Waals surface area contributed by atoms with Gasteiger partial charge in [0.1, 0.15) is 5.71 Å². The Morgan fingerprint density at radius 3 is 2.57 bits per heavy atom. The van der Waals surface area contributed by atoms with E-state index in [2.05, 4.69) is 42.4 Å². The molecule has 5 rings (SSSR count). The van der Waals surface area contributed by atoms with Crippen LogP contribution in [0.1, 0.15) is 16.7 Å². The van der Waals surface area contributed by atoms with E-state index >= 15 is 0 Å². The quantitative estimate of drug-likeness (QED) is 0.440. The van der Waals surface area contributed by atoms with Gasteiger partial charge in [-0.05, 0) is 50.2 Å². The van der Waals surface area contributed by atoms with Crippen LogP contribution in [0.4, 0.5) is 11.6 Å². The van der Waals surface area contributed by atoms with Crippen LogP contribution in [0.2, 0.25) is 0 Å². The number of aromatic nitrogens is 2. The number of hydrogen-bond acceptors (Lipinski definition) is 7. The number of aryl methyl sites for hydroxylation is 2. The first kappa shape index (κ1) is 23.0. The Bertz CT molecular complexity index is 1340. The molecule has 10 nitrogen and oxygen atoms in total. The van der Waals surface area contributed by atoms with Crippen LogP contribution in [0.15, 0.2) is 41.4 Å². The largest absolute Gasteiger partial charge is 0.369 e. The molecule has 3 aromatic rings. The summed E-state index contributed by atoms with van der Waals surface area (Å²) in [6, 6.07) is 11.7. The summed E-state index contributed by atoms with van der Waals surface area (Å²) >= 11 is 0. The van der Waals surface area contributed by atoms with Gasteiger partial charge in [-0.3, -0.25) is 25.2 Å². The summed E-state index contributed by atoms with van der Waals surface area (Å²) in [6.45, 7) is 7.91. The highest BCUT2D eigenvalue weighted by molar-refractivity contribution is 6.50. The Kier molecular flexibility index (Phi) is 5.78. The third-order valence-corrected chi connectivity index (χ3v) is 6.87. The third kappa shape index (κ3) is 4.04. The molecule has 1 saturated heterocycles. The molecule has 1 fully saturated rings. The van der Waals surface area contributed by atoms with Crippen LogP contribution in [-0.4, -0.2) is 72.3 Å². The number of rotatable bonds is 5. The lowest BCUT2D eigenvalue weighted by atomic mass is 9.81. The van der Waals surface area contributed by atoms with Gasteiger partial charge < -0.3 is 20.5 Å². The SMILES string of the molecule is Cc1ccc(C2(C(N)=O)NCN=C2C(=O)Nc2nc3ccc(N4CCN(C)CC4)cc3[nH]2)c(C)c1. The highest BCUT2D eigenvalue weighted by Gasteiger charge is 2.50. The first-order valence-electron chi connectivity index (χ1n) is 11.7. The third-order valence-electron chi connectivity index (χ3n) is 6.87. The molecule has 3 heterocycles. The maximum absolute atomic E-state index is 13.3. The number of piperazine rings is 1. The number of aliphatic imine (C=N–C) groups is 1. The molecule has 2 aliphatic rings. The van der Waals surface area contributed by atoms with Crippen LogP contribution in [0.3, 0.4) is 0 Å². The van der Waals surface area contributed by atoms with Crippen molar-refractivity contribution >= 4 is 40.2 Å². The molecule has 2 aromatic carbocycles. The van der Waals surface area contributed by atoms with E-state index in [-0.39, 0.29) is 18.3 Å². The number of likely N-dealkylation sites (N-methyl/N-ethyl adjacent to an activating group) is 1. The topological polar surface area (TPSA) is 132 Å². The number of carbonyl (C=O) groups is 2. The summed E-state index contributed by atoms with van der Waals surface area (Å²) in [7, 11) is 2.13. The number of aromatic amines is 1. The number of anilines is 2. The molecule has 10 heteroatoms. The van der Waals surface area contributed by atoms with Gasteiger partial charge in [-0.25, -0.2) is 4.98 Å². The Labute approximate surface area is 203 Å². The van der Waals surface area contributed by atoms with Gasteiger partial charge in [-0.1, -0.05) is 23.8 Å². The van der Waals surface area contributed by atoms with Crippen molar-refractivity contribution in [1.82, 2.24) is 20.2 Å². The lowest BCUT2D eigenvalue weighted by Gasteiger charge is -2.34. The van der Waals surface area contributed by atoms with Crippen molar-refractivity contribution in [3.8, 4) is 0 Å². The van der Waals surface area contributed by atoms with Gasteiger partial charge in [-0.2, -0.15) is 0 Å². The molecule has 0 aliphatic carbocycles. The summed E-state index contributed by atoms with van der Waals surface area (Å²) in [6.07, 6.45) is 0. The zero-order chi connectivity index (χ0) is 24.7. The number of fused-ring (bicyclic) bond motifs is 1. The Balaban J connectivity index is 1.41. The second kappa shape index (κ2) is 8.79. The lowest BCUT2D eigenvalue weighted by molar-refractivity contribution is -0.123. The summed E-state index contributed by atoms with van der Waals surface area (Å²) in [5, 5.41) is 5.84. The number of imidazole rings is 1. The molecule has 0 saturated carbocycles. The van der Waals surface area contributed by atoms with E-state index in [9.17, 15) is 9.59 Å². The predicted molar refractivity (Wildman–Crippen MR) is 137 cm³/mol. The monoisotopic (exact) mass is 474 g/mol. The molecule has 0 bridgehead atoms. The fourth-order valence-electron chi connectivity index (χ4n) is 4.96. The van der Waals surface area contributed by atoms with Crippen LogP contribution >= 0.6 is 0 Å². The summed E-state index contributed by atoms with van der Waals surface area (Å²) in [5.41, 5.74) is 9.54. The molecule has 35 heavy (non-hydrogen) atoms. The van der Waals surface area contributed by atoms with Crippen molar-refractivity contribution < 1.29 is 9.59 Å². The Morgan fingerprint density at radius 2 is 1.86 bits per heavy atom. The predicted octanol–water partition coefficient (Wildman–Crippen LogP) is 1.25. The van der Waals surface area contributed by atoms with E-state index in [1.165, 1.54) is 0 Å². The summed E-state index contributed by atoms with van der Waals surface area (Å²) < 4.78 is 0. The molecule has 1 unspecified atom stereocenters. The van der Waals surface area contributed by atoms with E-state index in [1.807, 2.05) is 50.2 Å². The van der Waals surface area contributed by atoms with E-state index in [1.54, 1.807) is 0 Å². The first-order chi connectivity index (χ1) is 16.8. The summed E-state index contributed by atoms with van der Waals surface area (Å²) in [4.78, 5) is 42.8. The minimum absolute atomic E-state index is 0.0236. The molecule has 2 aliphatic heterocycles. The van der Waals surface area contributed by atoms with Crippen LogP contribution in [0.25, 0.3) is 11.0 Å². The van der Waals surface area contributed by atoms with Crippen LogP contribution in [0, 0.1) is 13.8 Å². The van der Waals surface area contributed by atoms with Gasteiger partial charge in [0.05, 0.1) is 17.7 Å². The van der Waals surface area contributed by atoms with Crippen molar-refractivity contribution in [1.29, 1.82) is 0 Å². The molecule has 1 aromatic heterocycles. The zero-order valence-corrected chi connectivity index (χ0v) is 20.2. The Hall–Kier alpha value is -3.76. The van der Waals surface area contributed by atoms with Crippen LogP contribution in [0.5, 0.6) is 0 Å². The molecule has 5 N–H and O–H groups in total. The van der Waals surface area contributed by atoms with Gasteiger partial charge in [0.25, 0.3) is 5.91 Å². The fraction of sp³-hybridized carbons (Fsp3) is 0.360. The second-order valence-electron chi connectivity index (χ2n) is 9.31. The van der Waals surface area contributed by atoms with Crippen molar-refractivity contribution in [2.45, 2.75) is 19.4 Å². The Morgan fingerprint density at radius 1 is 1.09 bits per heavy atom. The average Bonchev–Trinajstić information content (AvgIpc) is 3.43. The van der Waals surface area contributed by atoms with Gasteiger partial charge in [0.15, 0.2) is 5.54 Å². The number of carbonyl (C=O) groups excluding carboxylic acids is 2. The van der Waals surface area contributed by atoms with Crippen molar-refractivity contribution in [3.05, 3.63) is 53.1 Å². The van der Waals surface area contributed by atoms with E-state index in [0.717, 1.165) is 54.0 Å². The molecule has 0 spiro atoms. The van der Waals surface area contributed by atoms with Crippen molar-refractivity contribution in [2.75, 3.05) is 50.1 Å². The number of hydrogen-bond donors (Lipinski definition) is 4. The van der Waals surface area contributed by atoms with Gasteiger partial charge in [0.2, 0.25) is 11.9 Å². The number of benzene rings is 2. The standard InChI is InChI=1S/C25H30N8O2/c1-15-4-6-18(16(2)12-15)25(23(26)35)21(27-14-28-25)22(34)31-24-29-19-7-5-17(13-20(19)30-24)33-10-8-32(3)9-11-33/h4-7,12-13,28H,8-11,14H2,1-3H3,(H2,26,35)(H2,29,30,31,34). The molecule has 0 radical (unpaired) electrons. The first-order valence-corrected chi connectivity index (χ1v) is 11.7. The minimum Gasteiger partial charge on any atom is -0.369 e. The van der Waals surface area contributed by atoms with Crippen LogP contribution < -0.4 is 21.3 Å². The number of nitrogens with zero attached hydrogens (tertiary/aromatic N) is 4. The van der Waals surface area contributed by atoms with Crippen molar-refractivity contribution in [3.63, 3.8) is 0 Å². The van der Waals surface area contributed by atoms with Gasteiger partial charge in [0, 0.05) is 31.9 Å². The maximum Gasteiger partial charge on any atom is 0.274 e. The fourth-order valence-corrected chi connectivity index (χ4v) is 4.96. The number of nitrogens with two attached hydrogens (primary N) is 1. The van der Waals surface area contributed by atoms with E-state index < -0.39 is 17.4 Å². The number of amides is 2. The molecular weight excluding hydrogens is 444 g/mol. The molecule has 182 valence electrons. The lowest BCUT2D eigenvalue weighted by Crippen LogP contribution is -2.58. The minimum atomic E-state index is -1.51. The molecule has 1 atom stereocenters. The van der Waals surface area contributed by atoms with Crippen LogP contribution in [-0.2, 0) is 15.1 Å². The highest BCUT2D eigenvalue weighted by atomic mass is 16.2. The van der Waals surface area contributed by atoms with Gasteiger partial charge in [-0.15, -0.1) is 0 Å². The number of nitrogens with one attached hydrogen (secondary N) is 3. The number of H-pyrrole nitrogens is 1. The van der Waals surface area contributed by atoms with Crippen molar-refractivity contribution in [2.24, 2.45) is 10.7 Å². The number of primary amides is 1. The highest BCUT2D eigenvalue weighted by Crippen LogP contribution is 2.31. The second-order valence-corrected chi connectivity index (χ2v) is 9.31. The zero-order valence-electron chi connectivity index (χ0n) is 20.2. The van der Waals surface area contributed by atoms with Gasteiger partial charge >= 0.3 is 0 Å². The van der Waals surface area contributed by atoms with E-state index in [0.29, 0.717) is 5.56 Å². The normalized spacial score (nSPS) is 20.8. The summed E-state index contributed by atoms with van der Waals surface area (Å²) in [5.74, 6) is -0.932. The maximum atomic E-state index is 13.3. The van der Waals surface area contributed by atoms with E-state index in [4.69, 9.17) is 5.73 Å². The molecule has 2 amide bonds. The molecular formula is C25H30N8O2. The average molecular weight is 475 g/mol. The smallest absolute Gasteiger partial charge is 0.274 e.